The van der Waals surface area contributed by atoms with Gasteiger partial charge in [0.05, 0.1) is 18.6 Å². The summed E-state index contributed by atoms with van der Waals surface area (Å²) < 4.78 is 0. The quantitative estimate of drug-likeness (QED) is 0.733. The molecule has 2 aromatic heterocycles. The van der Waals surface area contributed by atoms with E-state index in [1.54, 1.807) is 12.5 Å². The molecule has 84 valence electrons. The number of hydrogen-bond donors (Lipinski definition) is 3. The minimum atomic E-state index is -0.595. The number of carbonyl (C=O) groups is 1. The molecule has 6 heteroatoms. The van der Waals surface area contributed by atoms with Crippen LogP contribution in [-0.4, -0.2) is 15.9 Å². The maximum atomic E-state index is 11.7. The number of aromatic nitrogens is 2. The molecule has 0 aromatic carbocycles. The van der Waals surface area contributed by atoms with E-state index in [4.69, 9.17) is 5.73 Å². The van der Waals surface area contributed by atoms with E-state index in [0.717, 1.165) is 10.6 Å². The van der Waals surface area contributed by atoms with E-state index in [0.29, 0.717) is 6.54 Å². The van der Waals surface area contributed by atoms with Gasteiger partial charge in [0.2, 0.25) is 5.91 Å². The number of nitrogens with one attached hydrogen (secondary N) is 2. The normalized spacial score (nSPS) is 12.3. The van der Waals surface area contributed by atoms with Crippen LogP contribution in [0.4, 0.5) is 0 Å². The van der Waals surface area contributed by atoms with E-state index in [-0.39, 0.29) is 5.91 Å². The van der Waals surface area contributed by atoms with Gasteiger partial charge >= 0.3 is 0 Å². The molecule has 5 nitrogen and oxygen atoms in total. The van der Waals surface area contributed by atoms with Gasteiger partial charge in [0.15, 0.2) is 0 Å². The summed E-state index contributed by atoms with van der Waals surface area (Å²) in [6, 6.07) is 3.13. The summed E-state index contributed by atoms with van der Waals surface area (Å²) in [4.78, 5) is 19.3. The Labute approximate surface area is 96.7 Å². The summed E-state index contributed by atoms with van der Waals surface area (Å²) in [5.41, 5.74) is 6.65. The lowest BCUT2D eigenvalue weighted by Crippen LogP contribution is -2.33. The summed E-state index contributed by atoms with van der Waals surface area (Å²) in [6.07, 6.45) is 3.23. The third-order valence-electron chi connectivity index (χ3n) is 2.14. The van der Waals surface area contributed by atoms with Gasteiger partial charge in [-0.05, 0) is 11.4 Å². The lowest BCUT2D eigenvalue weighted by Gasteiger charge is -2.09. The van der Waals surface area contributed by atoms with Crippen LogP contribution in [-0.2, 0) is 11.3 Å². The van der Waals surface area contributed by atoms with Crippen LogP contribution in [0.15, 0.2) is 30.0 Å². The molecular formula is C10H12N4OS. The molecule has 0 saturated heterocycles. The molecular weight excluding hydrogens is 224 g/mol. The molecule has 1 unspecified atom stereocenters. The highest BCUT2D eigenvalue weighted by atomic mass is 32.1. The Morgan fingerprint density at radius 2 is 2.56 bits per heavy atom. The van der Waals surface area contributed by atoms with E-state index < -0.39 is 6.04 Å². The van der Waals surface area contributed by atoms with Crippen molar-refractivity contribution in [3.8, 4) is 0 Å². The molecule has 2 aromatic rings. The summed E-state index contributed by atoms with van der Waals surface area (Å²) in [5, 5.41) is 4.64. The highest BCUT2D eigenvalue weighted by molar-refractivity contribution is 7.10. The van der Waals surface area contributed by atoms with Crippen LogP contribution in [0.1, 0.15) is 16.6 Å². The molecule has 4 N–H and O–H groups in total. The zero-order valence-electron chi connectivity index (χ0n) is 8.51. The number of nitrogens with zero attached hydrogens (tertiary/aromatic N) is 1. The molecule has 0 aliphatic carbocycles. The van der Waals surface area contributed by atoms with Crippen molar-refractivity contribution in [1.82, 2.24) is 15.3 Å². The van der Waals surface area contributed by atoms with E-state index in [1.165, 1.54) is 11.3 Å². The van der Waals surface area contributed by atoms with Crippen LogP contribution in [0.2, 0.25) is 0 Å². The number of nitrogens with two attached hydrogens (primary N) is 1. The number of thiophene rings is 1. The van der Waals surface area contributed by atoms with Crippen LogP contribution in [0, 0.1) is 0 Å². The maximum Gasteiger partial charge on any atom is 0.242 e. The van der Waals surface area contributed by atoms with Gasteiger partial charge in [-0.15, -0.1) is 11.3 Å². The standard InChI is InChI=1S/C10H12N4OS/c11-9(8-2-1-3-16-8)10(15)13-5-7-4-12-6-14-7/h1-4,6,9H,5,11H2,(H,12,14)(H,13,15). The molecule has 0 radical (unpaired) electrons. The number of amides is 1. The SMILES string of the molecule is NC(C(=O)NCc1cnc[nH]1)c1cccs1. The average molecular weight is 236 g/mol. The van der Waals surface area contributed by atoms with Gasteiger partial charge in [0.25, 0.3) is 0 Å². The van der Waals surface area contributed by atoms with Gasteiger partial charge in [-0.3, -0.25) is 4.79 Å². The smallest absolute Gasteiger partial charge is 0.242 e. The molecule has 2 rings (SSSR count). The summed E-state index contributed by atoms with van der Waals surface area (Å²) in [7, 11) is 0. The van der Waals surface area contributed by atoms with Crippen molar-refractivity contribution in [3.05, 3.63) is 40.6 Å². The Morgan fingerprint density at radius 3 is 3.19 bits per heavy atom. The van der Waals surface area contributed by atoms with Gasteiger partial charge in [0, 0.05) is 11.1 Å². The predicted molar refractivity (Wildman–Crippen MR) is 61.7 cm³/mol. The molecule has 1 atom stereocenters. The van der Waals surface area contributed by atoms with Crippen LogP contribution in [0.25, 0.3) is 0 Å². The van der Waals surface area contributed by atoms with Crippen LogP contribution >= 0.6 is 11.3 Å². The van der Waals surface area contributed by atoms with Gasteiger partial charge in [-0.2, -0.15) is 0 Å². The van der Waals surface area contributed by atoms with Crippen LogP contribution < -0.4 is 11.1 Å². The molecule has 0 fully saturated rings. The van der Waals surface area contributed by atoms with Crippen molar-refractivity contribution >= 4 is 17.2 Å². The topological polar surface area (TPSA) is 83.8 Å². The highest BCUT2D eigenvalue weighted by Crippen LogP contribution is 2.16. The zero-order valence-corrected chi connectivity index (χ0v) is 9.33. The van der Waals surface area contributed by atoms with E-state index in [1.807, 2.05) is 17.5 Å². The van der Waals surface area contributed by atoms with Crippen LogP contribution in [0.3, 0.4) is 0 Å². The number of aromatic amines is 1. The van der Waals surface area contributed by atoms with Crippen molar-refractivity contribution in [1.29, 1.82) is 0 Å². The fraction of sp³-hybridized carbons (Fsp3) is 0.200. The Bertz CT molecular complexity index is 437. The van der Waals surface area contributed by atoms with Crippen molar-refractivity contribution < 1.29 is 4.79 Å². The lowest BCUT2D eigenvalue weighted by atomic mass is 10.2. The second kappa shape index (κ2) is 4.91. The Balaban J connectivity index is 1.89. The van der Waals surface area contributed by atoms with Gasteiger partial charge < -0.3 is 16.0 Å². The Kier molecular flexibility index (Phi) is 3.33. The fourth-order valence-corrected chi connectivity index (χ4v) is 2.00. The van der Waals surface area contributed by atoms with Gasteiger partial charge in [0.1, 0.15) is 6.04 Å². The first kappa shape index (κ1) is 10.8. The molecule has 16 heavy (non-hydrogen) atoms. The zero-order chi connectivity index (χ0) is 11.4. The second-order valence-electron chi connectivity index (χ2n) is 3.29. The maximum absolute atomic E-state index is 11.7. The summed E-state index contributed by atoms with van der Waals surface area (Å²) >= 11 is 1.48. The number of carbonyl (C=O) groups excluding carboxylic acids is 1. The first-order chi connectivity index (χ1) is 7.77. The third-order valence-corrected chi connectivity index (χ3v) is 3.10. The first-order valence-corrected chi connectivity index (χ1v) is 5.69. The predicted octanol–water partition coefficient (Wildman–Crippen LogP) is 0.787. The molecule has 2 heterocycles. The van der Waals surface area contributed by atoms with Crippen molar-refractivity contribution in [2.45, 2.75) is 12.6 Å². The van der Waals surface area contributed by atoms with Gasteiger partial charge in [-0.1, -0.05) is 6.07 Å². The van der Waals surface area contributed by atoms with Crippen molar-refractivity contribution in [3.63, 3.8) is 0 Å². The Morgan fingerprint density at radius 1 is 1.69 bits per heavy atom. The van der Waals surface area contributed by atoms with E-state index in [2.05, 4.69) is 15.3 Å². The Hall–Kier alpha value is -1.66. The summed E-state index contributed by atoms with van der Waals surface area (Å²) in [6.45, 7) is 0.415. The first-order valence-electron chi connectivity index (χ1n) is 4.81. The molecule has 0 spiro atoms. The largest absolute Gasteiger partial charge is 0.349 e. The number of H-pyrrole nitrogens is 1. The lowest BCUT2D eigenvalue weighted by molar-refractivity contribution is -0.122. The number of hydrogen-bond acceptors (Lipinski definition) is 4. The summed E-state index contributed by atoms with van der Waals surface area (Å²) in [5.74, 6) is -0.183. The molecule has 0 aliphatic rings. The minimum Gasteiger partial charge on any atom is -0.349 e. The number of imidazole rings is 1. The highest BCUT2D eigenvalue weighted by Gasteiger charge is 2.15. The van der Waals surface area contributed by atoms with Gasteiger partial charge in [-0.25, -0.2) is 4.98 Å². The van der Waals surface area contributed by atoms with E-state index in [9.17, 15) is 4.79 Å². The molecule has 1 amide bonds. The third kappa shape index (κ3) is 2.47. The van der Waals surface area contributed by atoms with Crippen molar-refractivity contribution in [2.24, 2.45) is 5.73 Å². The van der Waals surface area contributed by atoms with Crippen LogP contribution in [0.5, 0.6) is 0 Å². The fourth-order valence-electron chi connectivity index (χ4n) is 1.27. The average Bonchev–Trinajstić information content (AvgIpc) is 2.96. The van der Waals surface area contributed by atoms with Crippen molar-refractivity contribution in [2.75, 3.05) is 0 Å². The monoisotopic (exact) mass is 236 g/mol. The molecule has 0 aliphatic heterocycles. The second-order valence-corrected chi connectivity index (χ2v) is 4.27. The molecule has 0 bridgehead atoms. The number of rotatable bonds is 4. The van der Waals surface area contributed by atoms with E-state index >= 15 is 0 Å². The minimum absolute atomic E-state index is 0.183. The molecule has 0 saturated carbocycles.